The quantitative estimate of drug-likeness (QED) is 0.851. The first-order valence-electron chi connectivity index (χ1n) is 5.78. The molecule has 0 amide bonds. The lowest BCUT2D eigenvalue weighted by Gasteiger charge is -2.31. The lowest BCUT2D eigenvalue weighted by Crippen LogP contribution is -2.36. The van der Waals surface area contributed by atoms with Crippen LogP contribution in [0.3, 0.4) is 0 Å². The number of methoxy groups -OCH3 is 1. The van der Waals surface area contributed by atoms with Gasteiger partial charge in [0.05, 0.1) is 7.11 Å². The maximum Gasteiger partial charge on any atom is 0.165 e. The average Bonchev–Trinajstić information content (AvgIpc) is 2.15. The van der Waals surface area contributed by atoms with Crippen molar-refractivity contribution in [1.82, 2.24) is 0 Å². The van der Waals surface area contributed by atoms with Crippen LogP contribution in [-0.4, -0.2) is 13.2 Å². The third-order valence-corrected chi connectivity index (χ3v) is 3.44. The van der Waals surface area contributed by atoms with Crippen molar-refractivity contribution in [2.24, 2.45) is 11.7 Å². The lowest BCUT2D eigenvalue weighted by molar-refractivity contribution is 0.260. The van der Waals surface area contributed by atoms with Crippen molar-refractivity contribution in [2.75, 3.05) is 7.11 Å². The van der Waals surface area contributed by atoms with Gasteiger partial charge in [-0.25, -0.2) is 4.39 Å². The number of benzene rings is 1. The molecule has 0 aliphatic heterocycles. The van der Waals surface area contributed by atoms with E-state index in [0.29, 0.717) is 11.7 Å². The van der Waals surface area contributed by atoms with Crippen molar-refractivity contribution in [3.8, 4) is 5.75 Å². The van der Waals surface area contributed by atoms with Gasteiger partial charge in [-0.2, -0.15) is 0 Å². The molecule has 0 spiro atoms. The molecule has 0 aromatic heterocycles. The minimum Gasteiger partial charge on any atom is -0.494 e. The Morgan fingerprint density at radius 1 is 1.50 bits per heavy atom. The predicted octanol–water partition coefficient (Wildman–Crippen LogP) is 2.50. The van der Waals surface area contributed by atoms with Gasteiger partial charge in [-0.15, -0.1) is 0 Å². The zero-order valence-electron chi connectivity index (χ0n) is 9.58. The summed E-state index contributed by atoms with van der Waals surface area (Å²) in [5.74, 6) is 0.618. The van der Waals surface area contributed by atoms with Crippen LogP contribution in [0.15, 0.2) is 18.2 Å². The fourth-order valence-corrected chi connectivity index (χ4v) is 2.14. The molecule has 1 aromatic carbocycles. The monoisotopic (exact) mass is 223 g/mol. The van der Waals surface area contributed by atoms with Crippen molar-refractivity contribution in [2.45, 2.75) is 31.7 Å². The zero-order chi connectivity index (χ0) is 11.5. The van der Waals surface area contributed by atoms with Crippen molar-refractivity contribution in [3.05, 3.63) is 29.6 Å². The summed E-state index contributed by atoms with van der Waals surface area (Å²) in [5, 5.41) is 0. The van der Waals surface area contributed by atoms with Crippen LogP contribution in [0.5, 0.6) is 5.75 Å². The number of rotatable bonds is 4. The Bertz CT molecular complexity index is 363. The molecule has 2 nitrogen and oxygen atoms in total. The first kappa shape index (κ1) is 11.4. The minimum absolute atomic E-state index is 0.168. The Labute approximate surface area is 95.6 Å². The molecule has 0 heterocycles. The van der Waals surface area contributed by atoms with Gasteiger partial charge >= 0.3 is 0 Å². The van der Waals surface area contributed by atoms with Gasteiger partial charge in [0.1, 0.15) is 0 Å². The van der Waals surface area contributed by atoms with Crippen LogP contribution in [0.1, 0.15) is 24.8 Å². The molecule has 2 rings (SSSR count). The molecule has 1 fully saturated rings. The molecule has 88 valence electrons. The van der Waals surface area contributed by atoms with Gasteiger partial charge in [-0.05, 0) is 42.9 Å². The Morgan fingerprint density at radius 3 is 2.75 bits per heavy atom. The molecule has 0 radical (unpaired) electrons. The molecule has 1 saturated carbocycles. The highest BCUT2D eigenvalue weighted by Crippen LogP contribution is 2.30. The summed E-state index contributed by atoms with van der Waals surface area (Å²) in [4.78, 5) is 0. The summed E-state index contributed by atoms with van der Waals surface area (Å²) in [6, 6.07) is 5.25. The van der Waals surface area contributed by atoms with Gasteiger partial charge in [-0.1, -0.05) is 12.5 Å². The normalized spacial score (nSPS) is 17.9. The van der Waals surface area contributed by atoms with E-state index < -0.39 is 0 Å². The Morgan fingerprint density at radius 2 is 2.25 bits per heavy atom. The van der Waals surface area contributed by atoms with Crippen LogP contribution in [0, 0.1) is 11.7 Å². The largest absolute Gasteiger partial charge is 0.494 e. The second kappa shape index (κ2) is 4.83. The number of nitrogens with two attached hydrogens (primary N) is 1. The van der Waals surface area contributed by atoms with E-state index in [0.717, 1.165) is 12.0 Å². The Hall–Kier alpha value is -1.09. The summed E-state index contributed by atoms with van der Waals surface area (Å²) < 4.78 is 18.3. The van der Waals surface area contributed by atoms with Crippen molar-refractivity contribution in [1.29, 1.82) is 0 Å². The molecule has 2 N–H and O–H groups in total. The maximum absolute atomic E-state index is 13.4. The Balaban J connectivity index is 2.01. The molecule has 1 atom stereocenters. The van der Waals surface area contributed by atoms with E-state index in [9.17, 15) is 4.39 Å². The summed E-state index contributed by atoms with van der Waals surface area (Å²) >= 11 is 0. The topological polar surface area (TPSA) is 35.2 Å². The van der Waals surface area contributed by atoms with Crippen LogP contribution in [0.25, 0.3) is 0 Å². The molecule has 1 unspecified atom stereocenters. The van der Waals surface area contributed by atoms with Crippen LogP contribution >= 0.6 is 0 Å². The minimum atomic E-state index is -0.305. The number of ether oxygens (including phenoxy) is 1. The maximum atomic E-state index is 13.4. The highest BCUT2D eigenvalue weighted by molar-refractivity contribution is 5.29. The molecule has 1 aliphatic rings. The van der Waals surface area contributed by atoms with Gasteiger partial charge < -0.3 is 10.5 Å². The summed E-state index contributed by atoms with van der Waals surface area (Å²) in [5.41, 5.74) is 7.03. The first-order chi connectivity index (χ1) is 7.70. The summed E-state index contributed by atoms with van der Waals surface area (Å²) in [6.45, 7) is 0. The number of hydrogen-bond acceptors (Lipinski definition) is 2. The van der Waals surface area contributed by atoms with E-state index in [1.807, 2.05) is 6.07 Å². The third kappa shape index (κ3) is 2.35. The van der Waals surface area contributed by atoms with E-state index in [-0.39, 0.29) is 11.9 Å². The fourth-order valence-electron chi connectivity index (χ4n) is 2.14. The van der Waals surface area contributed by atoms with Crippen LogP contribution in [-0.2, 0) is 6.42 Å². The summed E-state index contributed by atoms with van der Waals surface area (Å²) in [6.07, 6.45) is 4.49. The molecular weight excluding hydrogens is 205 g/mol. The van der Waals surface area contributed by atoms with Gasteiger partial charge in [0.2, 0.25) is 0 Å². The second-order valence-corrected chi connectivity index (χ2v) is 4.53. The van der Waals surface area contributed by atoms with Gasteiger partial charge in [0.25, 0.3) is 0 Å². The number of halogens is 1. The molecule has 0 saturated heterocycles. The zero-order valence-corrected chi connectivity index (χ0v) is 9.58. The van der Waals surface area contributed by atoms with Gasteiger partial charge in [0.15, 0.2) is 11.6 Å². The van der Waals surface area contributed by atoms with Crippen molar-refractivity contribution in [3.63, 3.8) is 0 Å². The molecule has 1 aromatic rings. The smallest absolute Gasteiger partial charge is 0.165 e. The molecule has 16 heavy (non-hydrogen) atoms. The van der Waals surface area contributed by atoms with E-state index >= 15 is 0 Å². The van der Waals surface area contributed by atoms with E-state index in [4.69, 9.17) is 10.5 Å². The second-order valence-electron chi connectivity index (χ2n) is 4.53. The standard InChI is InChI=1S/C13H18FNO/c1-16-13-6-5-9(7-11(13)14)8-12(15)10-3-2-4-10/h5-7,10,12H,2-4,8,15H2,1H3. The first-order valence-corrected chi connectivity index (χ1v) is 5.78. The lowest BCUT2D eigenvalue weighted by atomic mass is 9.78. The molecule has 0 bridgehead atoms. The van der Waals surface area contributed by atoms with Crippen molar-refractivity contribution >= 4 is 0 Å². The number of hydrogen-bond donors (Lipinski definition) is 1. The van der Waals surface area contributed by atoms with Crippen LogP contribution < -0.4 is 10.5 Å². The SMILES string of the molecule is COc1ccc(CC(N)C2CCC2)cc1F. The average molecular weight is 223 g/mol. The Kier molecular flexibility index (Phi) is 3.44. The highest BCUT2D eigenvalue weighted by Gasteiger charge is 2.24. The highest BCUT2D eigenvalue weighted by atomic mass is 19.1. The molecular formula is C13H18FNO. The predicted molar refractivity (Wildman–Crippen MR) is 62.0 cm³/mol. The molecule has 1 aliphatic carbocycles. The van der Waals surface area contributed by atoms with E-state index in [1.54, 1.807) is 6.07 Å². The molecule has 3 heteroatoms. The van der Waals surface area contributed by atoms with Crippen LogP contribution in [0.2, 0.25) is 0 Å². The van der Waals surface area contributed by atoms with E-state index in [2.05, 4.69) is 0 Å². The third-order valence-electron chi connectivity index (χ3n) is 3.44. The van der Waals surface area contributed by atoms with Crippen LogP contribution in [0.4, 0.5) is 4.39 Å². The van der Waals surface area contributed by atoms with E-state index in [1.165, 1.54) is 32.4 Å². The van der Waals surface area contributed by atoms with Gasteiger partial charge in [0, 0.05) is 6.04 Å². The summed E-state index contributed by atoms with van der Waals surface area (Å²) in [7, 11) is 1.47. The fraction of sp³-hybridized carbons (Fsp3) is 0.538. The van der Waals surface area contributed by atoms with Crippen molar-refractivity contribution < 1.29 is 9.13 Å². The van der Waals surface area contributed by atoms with Gasteiger partial charge in [-0.3, -0.25) is 0 Å².